The minimum Gasteiger partial charge on any atom is -0.493 e. The van der Waals surface area contributed by atoms with Crippen LogP contribution in [-0.2, 0) is 13.2 Å². The molecule has 0 saturated heterocycles. The Bertz CT molecular complexity index is 540. The number of rotatable bonds is 5. The van der Waals surface area contributed by atoms with Crippen molar-refractivity contribution in [2.24, 2.45) is 5.73 Å². The molecule has 2 rings (SSSR count). The molecule has 2 aromatic carbocycles. The molecule has 19 heavy (non-hydrogen) atoms. The quantitative estimate of drug-likeness (QED) is 0.900. The molecule has 4 heteroatoms. The van der Waals surface area contributed by atoms with Crippen LogP contribution in [0.15, 0.2) is 42.5 Å². The first kappa shape index (κ1) is 13.4. The van der Waals surface area contributed by atoms with Crippen molar-refractivity contribution in [3.63, 3.8) is 0 Å². The van der Waals surface area contributed by atoms with Crippen LogP contribution in [0.5, 0.6) is 11.5 Å². The maximum absolute atomic E-state index is 12.8. The summed E-state index contributed by atoms with van der Waals surface area (Å²) in [6.07, 6.45) is 0. The van der Waals surface area contributed by atoms with Crippen molar-refractivity contribution in [3.05, 3.63) is 59.4 Å². The summed E-state index contributed by atoms with van der Waals surface area (Å²) in [7, 11) is 1.59. The van der Waals surface area contributed by atoms with Gasteiger partial charge in [0, 0.05) is 6.54 Å². The lowest BCUT2D eigenvalue weighted by Gasteiger charge is -2.12. The van der Waals surface area contributed by atoms with E-state index in [2.05, 4.69) is 0 Å². The van der Waals surface area contributed by atoms with E-state index in [0.29, 0.717) is 24.7 Å². The van der Waals surface area contributed by atoms with Gasteiger partial charge in [0.15, 0.2) is 11.5 Å². The summed E-state index contributed by atoms with van der Waals surface area (Å²) in [5.74, 6) is 1.03. The molecule has 3 nitrogen and oxygen atoms in total. The van der Waals surface area contributed by atoms with Gasteiger partial charge in [-0.1, -0.05) is 18.2 Å². The van der Waals surface area contributed by atoms with Gasteiger partial charge in [0.2, 0.25) is 0 Å². The van der Waals surface area contributed by atoms with Gasteiger partial charge in [-0.05, 0) is 35.4 Å². The Morgan fingerprint density at radius 1 is 1.00 bits per heavy atom. The first-order chi connectivity index (χ1) is 9.22. The summed E-state index contributed by atoms with van der Waals surface area (Å²) in [6, 6.07) is 11.8. The second-order valence-electron chi connectivity index (χ2n) is 4.10. The topological polar surface area (TPSA) is 44.5 Å². The van der Waals surface area contributed by atoms with Crippen LogP contribution in [0, 0.1) is 5.82 Å². The van der Waals surface area contributed by atoms with Crippen molar-refractivity contribution < 1.29 is 13.9 Å². The van der Waals surface area contributed by atoms with Gasteiger partial charge >= 0.3 is 0 Å². The van der Waals surface area contributed by atoms with Crippen molar-refractivity contribution in [2.75, 3.05) is 7.11 Å². The van der Waals surface area contributed by atoms with Gasteiger partial charge in [-0.3, -0.25) is 0 Å². The first-order valence-electron chi connectivity index (χ1n) is 5.97. The highest BCUT2D eigenvalue weighted by Gasteiger charge is 2.05. The van der Waals surface area contributed by atoms with Crippen LogP contribution in [0.2, 0.25) is 0 Å². The van der Waals surface area contributed by atoms with Gasteiger partial charge < -0.3 is 15.2 Å². The fraction of sp³-hybridized carbons (Fsp3) is 0.200. The average molecular weight is 261 g/mol. The van der Waals surface area contributed by atoms with Gasteiger partial charge in [-0.25, -0.2) is 4.39 Å². The fourth-order valence-electron chi connectivity index (χ4n) is 1.70. The highest BCUT2D eigenvalue weighted by Crippen LogP contribution is 2.28. The largest absolute Gasteiger partial charge is 0.493 e. The lowest BCUT2D eigenvalue weighted by molar-refractivity contribution is 0.284. The number of benzene rings is 2. The molecule has 0 aliphatic carbocycles. The molecule has 2 aromatic rings. The Morgan fingerprint density at radius 2 is 1.68 bits per heavy atom. The number of methoxy groups -OCH3 is 1. The van der Waals surface area contributed by atoms with Crippen LogP contribution in [0.3, 0.4) is 0 Å². The molecule has 0 fully saturated rings. The molecule has 0 amide bonds. The third-order valence-corrected chi connectivity index (χ3v) is 2.77. The van der Waals surface area contributed by atoms with Crippen molar-refractivity contribution in [1.29, 1.82) is 0 Å². The molecular weight excluding hydrogens is 245 g/mol. The Balaban J connectivity index is 2.11. The molecule has 0 aliphatic rings. The number of hydrogen-bond acceptors (Lipinski definition) is 3. The molecule has 0 unspecified atom stereocenters. The summed E-state index contributed by atoms with van der Waals surface area (Å²) in [4.78, 5) is 0. The molecule has 0 radical (unpaired) electrons. The van der Waals surface area contributed by atoms with E-state index in [0.717, 1.165) is 11.1 Å². The fourth-order valence-corrected chi connectivity index (χ4v) is 1.70. The van der Waals surface area contributed by atoms with Crippen LogP contribution in [-0.4, -0.2) is 7.11 Å². The van der Waals surface area contributed by atoms with Crippen LogP contribution < -0.4 is 15.2 Å². The van der Waals surface area contributed by atoms with Crippen molar-refractivity contribution in [1.82, 2.24) is 0 Å². The van der Waals surface area contributed by atoms with E-state index >= 15 is 0 Å². The summed E-state index contributed by atoms with van der Waals surface area (Å²) >= 11 is 0. The molecule has 0 aliphatic heterocycles. The molecule has 0 atom stereocenters. The number of hydrogen-bond donors (Lipinski definition) is 1. The number of ether oxygens (including phenoxy) is 2. The summed E-state index contributed by atoms with van der Waals surface area (Å²) in [6.45, 7) is 0.793. The van der Waals surface area contributed by atoms with E-state index in [1.165, 1.54) is 12.1 Å². The normalized spacial score (nSPS) is 10.3. The maximum Gasteiger partial charge on any atom is 0.161 e. The average Bonchev–Trinajstić information content (AvgIpc) is 2.46. The van der Waals surface area contributed by atoms with Crippen LogP contribution >= 0.6 is 0 Å². The highest BCUT2D eigenvalue weighted by atomic mass is 19.1. The summed E-state index contributed by atoms with van der Waals surface area (Å²) in [5.41, 5.74) is 7.45. The van der Waals surface area contributed by atoms with Crippen molar-refractivity contribution in [2.45, 2.75) is 13.2 Å². The van der Waals surface area contributed by atoms with E-state index in [1.807, 2.05) is 18.2 Å². The van der Waals surface area contributed by atoms with Crippen molar-refractivity contribution in [3.8, 4) is 11.5 Å². The predicted octanol–water partition coefficient (Wildman–Crippen LogP) is 2.87. The number of nitrogens with two attached hydrogens (primary N) is 1. The molecule has 2 N–H and O–H groups in total. The molecule has 100 valence electrons. The summed E-state index contributed by atoms with van der Waals surface area (Å²) < 4.78 is 23.7. The molecule has 0 bridgehead atoms. The molecule has 0 spiro atoms. The SMILES string of the molecule is COc1ccc(CN)cc1OCc1ccc(F)cc1. The first-order valence-corrected chi connectivity index (χ1v) is 5.97. The standard InChI is InChI=1S/C15H16FNO2/c1-18-14-7-4-12(9-17)8-15(14)19-10-11-2-5-13(16)6-3-11/h2-8H,9-10,17H2,1H3. The van der Waals surface area contributed by atoms with Crippen LogP contribution in [0.4, 0.5) is 4.39 Å². The second-order valence-corrected chi connectivity index (χ2v) is 4.10. The molecule has 0 heterocycles. The lowest BCUT2D eigenvalue weighted by Crippen LogP contribution is -2.01. The Labute approximate surface area is 111 Å². The zero-order valence-corrected chi connectivity index (χ0v) is 10.7. The lowest BCUT2D eigenvalue weighted by atomic mass is 10.2. The molecule has 0 aromatic heterocycles. The Kier molecular flexibility index (Phi) is 4.36. The van der Waals surface area contributed by atoms with Gasteiger partial charge in [0.05, 0.1) is 7.11 Å². The highest BCUT2D eigenvalue weighted by molar-refractivity contribution is 5.43. The number of halogens is 1. The van der Waals surface area contributed by atoms with E-state index < -0.39 is 0 Å². The van der Waals surface area contributed by atoms with E-state index in [9.17, 15) is 4.39 Å². The van der Waals surface area contributed by atoms with Crippen molar-refractivity contribution >= 4 is 0 Å². The predicted molar refractivity (Wildman–Crippen MR) is 71.6 cm³/mol. The van der Waals surface area contributed by atoms with Crippen LogP contribution in [0.25, 0.3) is 0 Å². The zero-order chi connectivity index (χ0) is 13.7. The zero-order valence-electron chi connectivity index (χ0n) is 10.7. The Morgan fingerprint density at radius 3 is 2.32 bits per heavy atom. The van der Waals surface area contributed by atoms with E-state index in [1.54, 1.807) is 19.2 Å². The monoisotopic (exact) mass is 261 g/mol. The van der Waals surface area contributed by atoms with Gasteiger partial charge in [0.25, 0.3) is 0 Å². The van der Waals surface area contributed by atoms with E-state index in [-0.39, 0.29) is 5.82 Å². The van der Waals surface area contributed by atoms with Crippen LogP contribution in [0.1, 0.15) is 11.1 Å². The minimum atomic E-state index is -0.258. The minimum absolute atomic E-state index is 0.258. The smallest absolute Gasteiger partial charge is 0.161 e. The van der Waals surface area contributed by atoms with Gasteiger partial charge in [0.1, 0.15) is 12.4 Å². The van der Waals surface area contributed by atoms with Gasteiger partial charge in [-0.2, -0.15) is 0 Å². The second kappa shape index (κ2) is 6.20. The maximum atomic E-state index is 12.8. The Hall–Kier alpha value is -2.07. The molecule has 0 saturated carbocycles. The van der Waals surface area contributed by atoms with Gasteiger partial charge in [-0.15, -0.1) is 0 Å². The third kappa shape index (κ3) is 3.45. The van der Waals surface area contributed by atoms with E-state index in [4.69, 9.17) is 15.2 Å². The summed E-state index contributed by atoms with van der Waals surface area (Å²) in [5, 5.41) is 0. The third-order valence-electron chi connectivity index (χ3n) is 2.77. The molecular formula is C15H16FNO2.